The molecule has 2 aromatic rings. The van der Waals surface area contributed by atoms with Crippen LogP contribution in [-0.4, -0.2) is 0 Å². The number of ether oxygens (including phenoxy) is 1. The van der Waals surface area contributed by atoms with Gasteiger partial charge in [0.05, 0.1) is 5.56 Å². The molecule has 0 atom stereocenters. The van der Waals surface area contributed by atoms with Gasteiger partial charge in [0.2, 0.25) is 0 Å². The Hall–Kier alpha value is -2.31. The van der Waals surface area contributed by atoms with Crippen LogP contribution in [0.5, 0.6) is 11.5 Å². The van der Waals surface area contributed by atoms with Crippen LogP contribution >= 0.6 is 0 Å². The summed E-state index contributed by atoms with van der Waals surface area (Å²) >= 11 is 0. The number of rotatable bonds is 2. The summed E-state index contributed by atoms with van der Waals surface area (Å²) in [5, 5.41) is 0. The van der Waals surface area contributed by atoms with Crippen LogP contribution < -0.4 is 10.5 Å². The number of anilines is 1. The van der Waals surface area contributed by atoms with Gasteiger partial charge >= 0.3 is 6.18 Å². The van der Waals surface area contributed by atoms with E-state index in [4.69, 9.17) is 10.5 Å². The molecule has 2 N–H and O–H groups in total. The van der Waals surface area contributed by atoms with Crippen LogP contribution in [0.2, 0.25) is 0 Å². The molecule has 20 heavy (non-hydrogen) atoms. The number of alkyl halides is 3. The minimum Gasteiger partial charge on any atom is -0.454 e. The first-order valence-corrected chi connectivity index (χ1v) is 5.37. The van der Waals surface area contributed by atoms with Crippen LogP contribution in [0.15, 0.2) is 36.4 Å². The molecule has 0 amide bonds. The monoisotopic (exact) mass is 289 g/mol. The van der Waals surface area contributed by atoms with Crippen molar-refractivity contribution in [1.82, 2.24) is 0 Å². The summed E-state index contributed by atoms with van der Waals surface area (Å²) in [6.45, 7) is 0. The van der Waals surface area contributed by atoms with Gasteiger partial charge in [-0.25, -0.2) is 8.78 Å². The molecule has 0 aliphatic rings. The zero-order valence-corrected chi connectivity index (χ0v) is 9.84. The maximum absolute atomic E-state index is 13.3. The minimum atomic E-state index is -4.65. The van der Waals surface area contributed by atoms with Crippen molar-refractivity contribution in [3.8, 4) is 11.5 Å². The number of halogens is 5. The lowest BCUT2D eigenvalue weighted by molar-refractivity contribution is -0.137. The Bertz CT molecular complexity index is 639. The van der Waals surface area contributed by atoms with Crippen molar-refractivity contribution in [1.29, 1.82) is 0 Å². The Morgan fingerprint density at radius 3 is 2.25 bits per heavy atom. The third-order valence-electron chi connectivity index (χ3n) is 2.45. The summed E-state index contributed by atoms with van der Waals surface area (Å²) in [6, 6.07) is 5.29. The van der Waals surface area contributed by atoms with Gasteiger partial charge in [-0.05, 0) is 30.3 Å². The van der Waals surface area contributed by atoms with Gasteiger partial charge in [-0.2, -0.15) is 13.2 Å². The molecule has 0 radical (unpaired) electrons. The van der Waals surface area contributed by atoms with Gasteiger partial charge < -0.3 is 10.5 Å². The third-order valence-corrected chi connectivity index (χ3v) is 2.45. The summed E-state index contributed by atoms with van der Waals surface area (Å²) in [5.74, 6) is -2.47. The number of nitrogen functional groups attached to an aromatic ring is 1. The van der Waals surface area contributed by atoms with Gasteiger partial charge in [0.25, 0.3) is 0 Å². The fourth-order valence-corrected chi connectivity index (χ4v) is 1.53. The van der Waals surface area contributed by atoms with E-state index in [2.05, 4.69) is 0 Å². The molecule has 7 heteroatoms. The largest absolute Gasteiger partial charge is 0.454 e. The first kappa shape index (κ1) is 14.1. The molecule has 0 unspecified atom stereocenters. The lowest BCUT2D eigenvalue weighted by Gasteiger charge is -2.12. The predicted molar refractivity (Wildman–Crippen MR) is 62.3 cm³/mol. The maximum Gasteiger partial charge on any atom is 0.418 e. The third kappa shape index (κ3) is 2.98. The van der Waals surface area contributed by atoms with E-state index in [0.29, 0.717) is 12.1 Å². The second-order valence-electron chi connectivity index (χ2n) is 3.92. The lowest BCUT2D eigenvalue weighted by atomic mass is 10.1. The molecule has 0 bridgehead atoms. The number of nitrogens with two attached hydrogens (primary N) is 1. The smallest absolute Gasteiger partial charge is 0.418 e. The minimum absolute atomic E-state index is 0.253. The fourth-order valence-electron chi connectivity index (χ4n) is 1.53. The van der Waals surface area contributed by atoms with Crippen LogP contribution in [0.4, 0.5) is 27.6 Å². The average Bonchev–Trinajstić information content (AvgIpc) is 2.33. The van der Waals surface area contributed by atoms with Crippen molar-refractivity contribution in [2.45, 2.75) is 6.18 Å². The van der Waals surface area contributed by atoms with E-state index >= 15 is 0 Å². The lowest BCUT2D eigenvalue weighted by Crippen LogP contribution is -2.08. The number of benzene rings is 2. The average molecular weight is 289 g/mol. The SMILES string of the molecule is Nc1ccc(Oc2ccc(F)cc2F)cc1C(F)(F)F. The Balaban J connectivity index is 2.35. The van der Waals surface area contributed by atoms with Crippen molar-refractivity contribution in [3.05, 3.63) is 53.6 Å². The topological polar surface area (TPSA) is 35.2 Å². The summed E-state index contributed by atoms with van der Waals surface area (Å²) in [7, 11) is 0. The normalized spacial score (nSPS) is 11.4. The molecule has 0 heterocycles. The molecule has 0 spiro atoms. The van der Waals surface area contributed by atoms with Gasteiger partial charge in [0.15, 0.2) is 11.6 Å². The first-order valence-electron chi connectivity index (χ1n) is 5.37. The second kappa shape index (κ2) is 4.99. The van der Waals surface area contributed by atoms with E-state index < -0.39 is 29.1 Å². The van der Waals surface area contributed by atoms with Crippen molar-refractivity contribution in [2.24, 2.45) is 0 Å². The van der Waals surface area contributed by atoms with Crippen LogP contribution in [0.1, 0.15) is 5.56 Å². The molecule has 0 fully saturated rings. The molecule has 106 valence electrons. The van der Waals surface area contributed by atoms with Gasteiger partial charge in [0, 0.05) is 11.8 Å². The predicted octanol–water partition coefficient (Wildman–Crippen LogP) is 4.36. The first-order chi connectivity index (χ1) is 9.27. The maximum atomic E-state index is 13.3. The Morgan fingerprint density at radius 1 is 0.950 bits per heavy atom. The van der Waals surface area contributed by atoms with Crippen molar-refractivity contribution in [2.75, 3.05) is 5.73 Å². The van der Waals surface area contributed by atoms with Crippen LogP contribution in [0, 0.1) is 11.6 Å². The molecule has 2 aromatic carbocycles. The highest BCUT2D eigenvalue weighted by atomic mass is 19.4. The van der Waals surface area contributed by atoms with E-state index in [0.717, 1.165) is 24.3 Å². The zero-order chi connectivity index (χ0) is 14.9. The van der Waals surface area contributed by atoms with Gasteiger partial charge in [-0.3, -0.25) is 0 Å². The Labute approximate surface area is 110 Å². The number of hydrogen-bond donors (Lipinski definition) is 1. The second-order valence-corrected chi connectivity index (χ2v) is 3.92. The molecule has 2 nitrogen and oxygen atoms in total. The van der Waals surface area contributed by atoms with Gasteiger partial charge in [-0.15, -0.1) is 0 Å². The molecular weight excluding hydrogens is 281 g/mol. The standard InChI is InChI=1S/C13H8F5NO/c14-7-1-4-12(10(15)5-7)20-8-2-3-11(19)9(6-8)13(16,17)18/h1-6H,19H2. The summed E-state index contributed by atoms with van der Waals surface area (Å²) in [4.78, 5) is 0. The van der Waals surface area contributed by atoms with Gasteiger partial charge in [0.1, 0.15) is 11.6 Å². The molecule has 0 aliphatic carbocycles. The molecule has 0 saturated carbocycles. The van der Waals surface area contributed by atoms with E-state index in [-0.39, 0.29) is 11.5 Å². The Kier molecular flexibility index (Phi) is 3.52. The molecule has 0 saturated heterocycles. The van der Waals surface area contributed by atoms with Crippen LogP contribution in [0.3, 0.4) is 0 Å². The summed E-state index contributed by atoms with van der Waals surface area (Å²) < 4.78 is 68.9. The van der Waals surface area contributed by atoms with Crippen molar-refractivity contribution in [3.63, 3.8) is 0 Å². The molecule has 0 aromatic heterocycles. The summed E-state index contributed by atoms with van der Waals surface area (Å²) in [6.07, 6.45) is -4.65. The van der Waals surface area contributed by atoms with Crippen molar-refractivity contribution < 1.29 is 26.7 Å². The quantitative estimate of drug-likeness (QED) is 0.658. The Morgan fingerprint density at radius 2 is 1.65 bits per heavy atom. The highest BCUT2D eigenvalue weighted by molar-refractivity contribution is 5.52. The molecular formula is C13H8F5NO. The fraction of sp³-hybridized carbons (Fsp3) is 0.0769. The number of hydrogen-bond acceptors (Lipinski definition) is 2. The van der Waals surface area contributed by atoms with E-state index in [1.54, 1.807) is 0 Å². The molecule has 0 aliphatic heterocycles. The van der Waals surface area contributed by atoms with E-state index in [1.165, 1.54) is 0 Å². The van der Waals surface area contributed by atoms with E-state index in [9.17, 15) is 22.0 Å². The highest BCUT2D eigenvalue weighted by Crippen LogP contribution is 2.37. The van der Waals surface area contributed by atoms with Crippen molar-refractivity contribution >= 4 is 5.69 Å². The molecule has 2 rings (SSSR count). The summed E-state index contributed by atoms with van der Waals surface area (Å²) in [5.41, 5.74) is 3.67. The van der Waals surface area contributed by atoms with E-state index in [1.807, 2.05) is 0 Å². The van der Waals surface area contributed by atoms with Crippen LogP contribution in [0.25, 0.3) is 0 Å². The zero-order valence-electron chi connectivity index (χ0n) is 9.84. The van der Waals surface area contributed by atoms with Crippen LogP contribution in [-0.2, 0) is 6.18 Å². The highest BCUT2D eigenvalue weighted by Gasteiger charge is 2.33. The van der Waals surface area contributed by atoms with Gasteiger partial charge in [-0.1, -0.05) is 0 Å².